The molecule has 7 nitrogen and oxygen atoms in total. The molecule has 0 unspecified atom stereocenters. The lowest BCUT2D eigenvalue weighted by atomic mass is 10.3. The Morgan fingerprint density at radius 3 is 2.33 bits per heavy atom. The number of carbonyl (C=O) groups excluding carboxylic acids is 1. The van der Waals surface area contributed by atoms with E-state index >= 15 is 0 Å². The van der Waals surface area contributed by atoms with Gasteiger partial charge in [0.2, 0.25) is 10.0 Å². The summed E-state index contributed by atoms with van der Waals surface area (Å²) >= 11 is 0. The van der Waals surface area contributed by atoms with Gasteiger partial charge in [0.05, 0.1) is 0 Å². The largest absolute Gasteiger partial charge is 0.356 e. The molecule has 1 aromatic heterocycles. The van der Waals surface area contributed by atoms with Crippen molar-refractivity contribution in [1.29, 1.82) is 0 Å². The van der Waals surface area contributed by atoms with E-state index in [4.69, 9.17) is 0 Å². The second-order valence-corrected chi connectivity index (χ2v) is 8.86. The third kappa shape index (κ3) is 2.98. The Labute approximate surface area is 142 Å². The van der Waals surface area contributed by atoms with Gasteiger partial charge in [0, 0.05) is 51.5 Å². The van der Waals surface area contributed by atoms with Crippen LogP contribution in [0.5, 0.6) is 0 Å². The predicted molar refractivity (Wildman–Crippen MR) is 89.3 cm³/mol. The van der Waals surface area contributed by atoms with Gasteiger partial charge in [-0.05, 0) is 31.7 Å². The number of aromatic nitrogens is 1. The number of amides is 1. The maximum atomic E-state index is 12.8. The minimum Gasteiger partial charge on any atom is -0.356 e. The molecular weight excluding hydrogens is 328 g/mol. The van der Waals surface area contributed by atoms with Gasteiger partial charge in [-0.25, -0.2) is 8.42 Å². The molecule has 1 N–H and O–H groups in total. The number of aromatic amines is 1. The van der Waals surface area contributed by atoms with Crippen LogP contribution in [-0.4, -0.2) is 78.7 Å². The summed E-state index contributed by atoms with van der Waals surface area (Å²) in [4.78, 5) is 19.6. The van der Waals surface area contributed by atoms with Gasteiger partial charge >= 0.3 is 0 Å². The van der Waals surface area contributed by atoms with E-state index in [9.17, 15) is 13.2 Å². The molecule has 4 rings (SSSR count). The summed E-state index contributed by atoms with van der Waals surface area (Å²) in [7, 11) is -3.52. The van der Waals surface area contributed by atoms with Crippen LogP contribution in [0, 0.1) is 0 Å². The number of carbonyl (C=O) groups is 1. The molecule has 0 bridgehead atoms. The van der Waals surface area contributed by atoms with Gasteiger partial charge in [0.25, 0.3) is 5.91 Å². The van der Waals surface area contributed by atoms with Crippen molar-refractivity contribution in [3.05, 3.63) is 18.0 Å². The van der Waals surface area contributed by atoms with Crippen molar-refractivity contribution in [3.63, 3.8) is 0 Å². The number of hydrogen-bond donors (Lipinski definition) is 1. The van der Waals surface area contributed by atoms with E-state index in [0.717, 1.165) is 39.0 Å². The van der Waals surface area contributed by atoms with Crippen LogP contribution in [-0.2, 0) is 10.0 Å². The van der Waals surface area contributed by atoms with Crippen molar-refractivity contribution in [3.8, 4) is 0 Å². The molecular formula is C16H24N4O3S. The molecule has 2 aliphatic heterocycles. The van der Waals surface area contributed by atoms with Crippen molar-refractivity contribution in [2.75, 3.05) is 39.3 Å². The molecule has 0 radical (unpaired) electrons. The van der Waals surface area contributed by atoms with E-state index in [2.05, 4.69) is 9.88 Å². The van der Waals surface area contributed by atoms with Gasteiger partial charge in [-0.15, -0.1) is 0 Å². The fraction of sp³-hybridized carbons (Fsp3) is 0.688. The van der Waals surface area contributed by atoms with Crippen LogP contribution in [0.3, 0.4) is 0 Å². The number of rotatable bonds is 4. The van der Waals surface area contributed by atoms with Crippen molar-refractivity contribution in [1.82, 2.24) is 19.1 Å². The second kappa shape index (κ2) is 6.16. The van der Waals surface area contributed by atoms with Gasteiger partial charge in [-0.2, -0.15) is 4.31 Å². The second-order valence-electron chi connectivity index (χ2n) is 6.92. The third-order valence-electron chi connectivity index (χ3n) is 5.25. The summed E-state index contributed by atoms with van der Waals surface area (Å²) in [6.45, 7) is 4.16. The van der Waals surface area contributed by atoms with Crippen LogP contribution in [0.15, 0.2) is 17.2 Å². The first-order valence-corrected chi connectivity index (χ1v) is 10.2. The molecule has 3 fully saturated rings. The molecule has 3 aliphatic rings. The van der Waals surface area contributed by atoms with E-state index in [0.29, 0.717) is 24.8 Å². The number of piperazine rings is 1. The predicted octanol–water partition coefficient (Wildman–Crippen LogP) is 0.719. The molecule has 1 aliphatic carbocycles. The molecule has 8 heteroatoms. The molecule has 0 spiro atoms. The zero-order chi connectivity index (χ0) is 16.7. The highest BCUT2D eigenvalue weighted by molar-refractivity contribution is 7.89. The highest BCUT2D eigenvalue weighted by Crippen LogP contribution is 2.28. The molecule has 1 saturated carbocycles. The lowest BCUT2D eigenvalue weighted by molar-refractivity contribution is 0.0787. The Morgan fingerprint density at radius 2 is 1.71 bits per heavy atom. The monoisotopic (exact) mass is 352 g/mol. The summed E-state index contributed by atoms with van der Waals surface area (Å²) in [6, 6.07) is 2.16. The summed E-state index contributed by atoms with van der Waals surface area (Å²) in [5.41, 5.74) is 0.368. The van der Waals surface area contributed by atoms with Crippen molar-refractivity contribution in [2.45, 2.75) is 36.6 Å². The number of sulfonamides is 1. The van der Waals surface area contributed by atoms with Gasteiger partial charge in [-0.3, -0.25) is 9.69 Å². The molecule has 3 heterocycles. The Balaban J connectivity index is 1.45. The Morgan fingerprint density at radius 1 is 1.04 bits per heavy atom. The molecule has 1 aromatic rings. The molecule has 132 valence electrons. The van der Waals surface area contributed by atoms with Crippen LogP contribution in [0.2, 0.25) is 0 Å². The topological polar surface area (TPSA) is 76.7 Å². The molecule has 24 heavy (non-hydrogen) atoms. The highest BCUT2D eigenvalue weighted by atomic mass is 32.2. The average Bonchev–Trinajstić information content (AvgIpc) is 3.10. The first-order chi connectivity index (χ1) is 11.6. The fourth-order valence-corrected chi connectivity index (χ4v) is 5.05. The number of hydrogen-bond acceptors (Lipinski definition) is 4. The van der Waals surface area contributed by atoms with Crippen molar-refractivity contribution < 1.29 is 13.2 Å². The first-order valence-electron chi connectivity index (χ1n) is 8.77. The Bertz CT molecular complexity index is 711. The fourth-order valence-electron chi connectivity index (χ4n) is 3.64. The van der Waals surface area contributed by atoms with Crippen LogP contribution in [0.4, 0.5) is 0 Å². The van der Waals surface area contributed by atoms with E-state index < -0.39 is 10.0 Å². The zero-order valence-corrected chi connectivity index (χ0v) is 14.6. The van der Waals surface area contributed by atoms with Crippen LogP contribution in [0.1, 0.15) is 36.2 Å². The quantitative estimate of drug-likeness (QED) is 0.866. The minimum absolute atomic E-state index is 0.104. The van der Waals surface area contributed by atoms with Crippen molar-refractivity contribution >= 4 is 15.9 Å². The minimum atomic E-state index is -3.52. The van der Waals surface area contributed by atoms with Crippen molar-refractivity contribution in [2.24, 2.45) is 0 Å². The van der Waals surface area contributed by atoms with Gasteiger partial charge in [0.1, 0.15) is 10.6 Å². The smallest absolute Gasteiger partial charge is 0.270 e. The van der Waals surface area contributed by atoms with E-state index in [1.54, 1.807) is 9.21 Å². The lowest BCUT2D eigenvalue weighted by Crippen LogP contribution is -2.49. The SMILES string of the molecule is O=C(c1cc(S(=O)(=O)N2CCN(C3CC3)CC2)c[nH]1)N1CCCC1. The van der Waals surface area contributed by atoms with E-state index in [-0.39, 0.29) is 10.8 Å². The standard InChI is InChI=1S/C16H24N4O3S/c21-16(19-5-1-2-6-19)15-11-14(12-17-15)24(22,23)20-9-7-18(8-10-20)13-3-4-13/h11-13,17H,1-10H2. The average molecular weight is 352 g/mol. The van der Waals surface area contributed by atoms with Gasteiger partial charge in [-0.1, -0.05) is 0 Å². The van der Waals surface area contributed by atoms with E-state index in [1.165, 1.54) is 25.1 Å². The maximum absolute atomic E-state index is 12.8. The van der Waals surface area contributed by atoms with Crippen LogP contribution >= 0.6 is 0 Å². The van der Waals surface area contributed by atoms with Crippen LogP contribution < -0.4 is 0 Å². The number of likely N-dealkylation sites (tertiary alicyclic amines) is 1. The number of nitrogens with zero attached hydrogens (tertiary/aromatic N) is 3. The molecule has 0 atom stereocenters. The maximum Gasteiger partial charge on any atom is 0.270 e. The van der Waals surface area contributed by atoms with Gasteiger partial charge in [0.15, 0.2) is 0 Å². The van der Waals surface area contributed by atoms with Gasteiger partial charge < -0.3 is 9.88 Å². The van der Waals surface area contributed by atoms with Crippen LogP contribution in [0.25, 0.3) is 0 Å². The first kappa shape index (κ1) is 16.1. The molecule has 1 amide bonds. The lowest BCUT2D eigenvalue weighted by Gasteiger charge is -2.33. The zero-order valence-electron chi connectivity index (χ0n) is 13.8. The highest BCUT2D eigenvalue weighted by Gasteiger charge is 2.35. The van der Waals surface area contributed by atoms with E-state index in [1.807, 2.05) is 0 Å². The summed E-state index contributed by atoms with van der Waals surface area (Å²) in [5, 5.41) is 0. The number of H-pyrrole nitrogens is 1. The summed E-state index contributed by atoms with van der Waals surface area (Å²) in [5.74, 6) is -0.104. The summed E-state index contributed by atoms with van der Waals surface area (Å²) in [6.07, 6.45) is 5.97. The Hall–Kier alpha value is -1.38. The molecule has 0 aromatic carbocycles. The molecule has 2 saturated heterocycles. The third-order valence-corrected chi connectivity index (χ3v) is 7.13. The summed E-state index contributed by atoms with van der Waals surface area (Å²) < 4.78 is 27.1. The number of nitrogens with one attached hydrogen (secondary N) is 1. The normalized spacial score (nSPS) is 23.8. The Kier molecular flexibility index (Phi) is 4.14.